The maximum atomic E-state index is 12.0. The van der Waals surface area contributed by atoms with Crippen molar-refractivity contribution in [2.24, 2.45) is 5.73 Å². The molecule has 1 fully saturated rings. The molecule has 15 heavy (non-hydrogen) atoms. The van der Waals surface area contributed by atoms with Gasteiger partial charge in [-0.05, 0) is 18.6 Å². The van der Waals surface area contributed by atoms with E-state index < -0.39 is 10.0 Å². The van der Waals surface area contributed by atoms with Gasteiger partial charge >= 0.3 is 0 Å². The fourth-order valence-electron chi connectivity index (χ4n) is 1.54. The summed E-state index contributed by atoms with van der Waals surface area (Å²) in [6.45, 7) is 0.900. The molecular formula is C8H11ClN2O2S2. The second-order valence-electron chi connectivity index (χ2n) is 3.47. The topological polar surface area (TPSA) is 63.4 Å². The molecule has 0 saturated carbocycles. The second kappa shape index (κ2) is 4.03. The lowest BCUT2D eigenvalue weighted by atomic mass is 10.3. The van der Waals surface area contributed by atoms with E-state index in [1.165, 1.54) is 10.4 Å². The van der Waals surface area contributed by atoms with Crippen LogP contribution in [-0.2, 0) is 10.0 Å². The van der Waals surface area contributed by atoms with Crippen LogP contribution in [-0.4, -0.2) is 31.9 Å². The largest absolute Gasteiger partial charge is 0.326 e. The minimum atomic E-state index is -3.36. The molecular weight excluding hydrogens is 256 g/mol. The van der Waals surface area contributed by atoms with Crippen LogP contribution in [0.2, 0.25) is 4.34 Å². The molecule has 0 bridgehead atoms. The molecule has 0 aromatic carbocycles. The van der Waals surface area contributed by atoms with Crippen LogP contribution in [0, 0.1) is 0 Å². The van der Waals surface area contributed by atoms with E-state index in [1.807, 2.05) is 0 Å². The predicted molar refractivity (Wildman–Crippen MR) is 60.7 cm³/mol. The van der Waals surface area contributed by atoms with Gasteiger partial charge in [-0.15, -0.1) is 11.3 Å². The summed E-state index contributed by atoms with van der Waals surface area (Å²) in [6, 6.07) is 3.08. The van der Waals surface area contributed by atoms with Crippen LogP contribution >= 0.6 is 22.9 Å². The van der Waals surface area contributed by atoms with Crippen molar-refractivity contribution in [3.05, 3.63) is 16.5 Å². The highest BCUT2D eigenvalue weighted by atomic mass is 35.5. The van der Waals surface area contributed by atoms with E-state index in [0.29, 0.717) is 21.6 Å². The lowest BCUT2D eigenvalue weighted by molar-refractivity contribution is 0.474. The molecule has 0 aliphatic carbocycles. The molecule has 2 heterocycles. The van der Waals surface area contributed by atoms with Gasteiger partial charge in [0.15, 0.2) is 0 Å². The molecule has 1 aromatic rings. The van der Waals surface area contributed by atoms with Gasteiger partial charge in [0.05, 0.1) is 4.34 Å². The maximum Gasteiger partial charge on any atom is 0.252 e. The Labute approximate surface area is 97.7 Å². The summed E-state index contributed by atoms with van der Waals surface area (Å²) < 4.78 is 26.2. The number of thiophene rings is 1. The first-order valence-corrected chi connectivity index (χ1v) is 7.14. The number of nitrogens with two attached hydrogens (primary N) is 1. The molecule has 0 spiro atoms. The maximum absolute atomic E-state index is 12.0. The summed E-state index contributed by atoms with van der Waals surface area (Å²) in [5.41, 5.74) is 5.68. The molecule has 0 radical (unpaired) electrons. The van der Waals surface area contributed by atoms with E-state index in [4.69, 9.17) is 17.3 Å². The first-order chi connectivity index (χ1) is 7.00. The van der Waals surface area contributed by atoms with Crippen molar-refractivity contribution in [3.8, 4) is 0 Å². The van der Waals surface area contributed by atoms with Gasteiger partial charge in [0.1, 0.15) is 4.21 Å². The van der Waals surface area contributed by atoms with Crippen LogP contribution in [0.15, 0.2) is 16.3 Å². The van der Waals surface area contributed by atoms with E-state index in [9.17, 15) is 8.42 Å². The fraction of sp³-hybridized carbons (Fsp3) is 0.500. The highest BCUT2D eigenvalue weighted by molar-refractivity contribution is 7.91. The van der Waals surface area contributed by atoms with Gasteiger partial charge in [0, 0.05) is 19.1 Å². The summed E-state index contributed by atoms with van der Waals surface area (Å²) >= 11 is 6.79. The predicted octanol–water partition coefficient (Wildman–Crippen LogP) is 1.12. The quantitative estimate of drug-likeness (QED) is 0.873. The standard InChI is InChI=1S/C8H11ClN2O2S2/c9-7-1-2-8(14-7)15(12,13)11-4-3-6(10)5-11/h1-2,6H,3-5,10H2. The lowest BCUT2D eigenvalue weighted by Gasteiger charge is -2.13. The Kier molecular flexibility index (Phi) is 3.05. The van der Waals surface area contributed by atoms with Gasteiger partial charge in [0.25, 0.3) is 10.0 Å². The third-order valence-electron chi connectivity index (χ3n) is 2.33. The van der Waals surface area contributed by atoms with Crippen LogP contribution in [0.25, 0.3) is 0 Å². The van der Waals surface area contributed by atoms with Crippen molar-refractivity contribution in [1.29, 1.82) is 0 Å². The third-order valence-corrected chi connectivity index (χ3v) is 5.89. The third kappa shape index (κ3) is 2.19. The summed E-state index contributed by atoms with van der Waals surface area (Å²) in [7, 11) is -3.36. The highest BCUT2D eigenvalue weighted by Gasteiger charge is 2.31. The zero-order valence-electron chi connectivity index (χ0n) is 7.89. The Morgan fingerprint density at radius 3 is 2.73 bits per heavy atom. The minimum Gasteiger partial charge on any atom is -0.326 e. The Morgan fingerprint density at radius 2 is 2.27 bits per heavy atom. The molecule has 1 aliphatic rings. The summed E-state index contributed by atoms with van der Waals surface area (Å²) in [5.74, 6) is 0. The number of hydrogen-bond acceptors (Lipinski definition) is 4. The molecule has 84 valence electrons. The van der Waals surface area contributed by atoms with Gasteiger partial charge in [-0.1, -0.05) is 11.6 Å². The van der Waals surface area contributed by atoms with Crippen molar-refractivity contribution >= 4 is 33.0 Å². The molecule has 1 aromatic heterocycles. The Bertz CT molecular complexity index is 457. The number of hydrogen-bond donors (Lipinski definition) is 1. The van der Waals surface area contributed by atoms with Gasteiger partial charge in [-0.2, -0.15) is 4.31 Å². The first kappa shape index (κ1) is 11.3. The van der Waals surface area contributed by atoms with Crippen LogP contribution in [0.4, 0.5) is 0 Å². The fourth-order valence-corrected chi connectivity index (χ4v) is 4.68. The smallest absolute Gasteiger partial charge is 0.252 e. The molecule has 1 atom stereocenters. The van der Waals surface area contributed by atoms with Crippen molar-refractivity contribution in [1.82, 2.24) is 4.31 Å². The van der Waals surface area contributed by atoms with Crippen molar-refractivity contribution < 1.29 is 8.42 Å². The molecule has 0 amide bonds. The monoisotopic (exact) mass is 266 g/mol. The van der Waals surface area contributed by atoms with Gasteiger partial charge < -0.3 is 5.73 Å². The Hall–Kier alpha value is -0.140. The average Bonchev–Trinajstić information content (AvgIpc) is 2.74. The van der Waals surface area contributed by atoms with Crippen LogP contribution in [0.1, 0.15) is 6.42 Å². The molecule has 2 N–H and O–H groups in total. The first-order valence-electron chi connectivity index (χ1n) is 4.51. The van der Waals surface area contributed by atoms with Gasteiger partial charge in [-0.25, -0.2) is 8.42 Å². The van der Waals surface area contributed by atoms with Crippen LogP contribution < -0.4 is 5.73 Å². The number of halogens is 1. The zero-order valence-corrected chi connectivity index (χ0v) is 10.3. The van der Waals surface area contributed by atoms with Crippen LogP contribution in [0.5, 0.6) is 0 Å². The lowest BCUT2D eigenvalue weighted by Crippen LogP contribution is -2.31. The van der Waals surface area contributed by atoms with E-state index >= 15 is 0 Å². The molecule has 1 saturated heterocycles. The molecule has 2 rings (SSSR count). The number of sulfonamides is 1. The van der Waals surface area contributed by atoms with E-state index in [1.54, 1.807) is 6.07 Å². The Balaban J connectivity index is 2.27. The zero-order chi connectivity index (χ0) is 11.1. The molecule has 4 nitrogen and oxygen atoms in total. The molecule has 1 aliphatic heterocycles. The SMILES string of the molecule is NC1CCN(S(=O)(=O)c2ccc(Cl)s2)C1. The van der Waals surface area contributed by atoms with Gasteiger partial charge in [0.2, 0.25) is 0 Å². The summed E-state index contributed by atoms with van der Waals surface area (Å²) in [5, 5.41) is 0. The average molecular weight is 267 g/mol. The Morgan fingerprint density at radius 1 is 1.53 bits per heavy atom. The van der Waals surface area contributed by atoms with Crippen molar-refractivity contribution in [2.75, 3.05) is 13.1 Å². The van der Waals surface area contributed by atoms with E-state index in [2.05, 4.69) is 0 Å². The normalized spacial score (nSPS) is 23.5. The van der Waals surface area contributed by atoms with Crippen molar-refractivity contribution in [3.63, 3.8) is 0 Å². The van der Waals surface area contributed by atoms with E-state index in [-0.39, 0.29) is 6.04 Å². The molecule has 7 heteroatoms. The van der Waals surface area contributed by atoms with Crippen LogP contribution in [0.3, 0.4) is 0 Å². The summed E-state index contributed by atoms with van der Waals surface area (Å²) in [4.78, 5) is 0. The van der Waals surface area contributed by atoms with Crippen molar-refractivity contribution in [2.45, 2.75) is 16.7 Å². The molecule has 1 unspecified atom stereocenters. The number of rotatable bonds is 2. The second-order valence-corrected chi connectivity index (χ2v) is 7.35. The number of nitrogens with zero attached hydrogens (tertiary/aromatic N) is 1. The summed E-state index contributed by atoms with van der Waals surface area (Å²) in [6.07, 6.45) is 0.721. The van der Waals surface area contributed by atoms with Gasteiger partial charge in [-0.3, -0.25) is 0 Å². The highest BCUT2D eigenvalue weighted by Crippen LogP contribution is 2.29. The van der Waals surface area contributed by atoms with E-state index in [0.717, 1.165) is 17.8 Å². The minimum absolute atomic E-state index is 0.0461.